The van der Waals surface area contributed by atoms with Gasteiger partial charge in [-0.1, -0.05) is 23.7 Å². The first-order chi connectivity index (χ1) is 11.5. The van der Waals surface area contributed by atoms with E-state index in [4.69, 9.17) is 11.6 Å². The number of nitrogens with zero attached hydrogens (tertiary/aromatic N) is 1. The second kappa shape index (κ2) is 7.17. The highest BCUT2D eigenvalue weighted by atomic mass is 35.5. The van der Waals surface area contributed by atoms with Crippen molar-refractivity contribution in [1.29, 1.82) is 0 Å². The maximum absolute atomic E-state index is 12.8. The first-order valence-corrected chi connectivity index (χ1v) is 9.88. The summed E-state index contributed by atoms with van der Waals surface area (Å²) in [7, 11) is 0. The molecule has 0 bridgehead atoms. The zero-order valence-corrected chi connectivity index (χ0v) is 15.3. The van der Waals surface area contributed by atoms with E-state index in [0.717, 1.165) is 10.5 Å². The molecule has 126 valence electrons. The van der Waals surface area contributed by atoms with Crippen molar-refractivity contribution < 1.29 is 14.7 Å². The van der Waals surface area contributed by atoms with Crippen molar-refractivity contribution in [2.45, 2.75) is 10.8 Å². The molecular weight excluding hydrogens is 366 g/mol. The Labute approximate surface area is 153 Å². The van der Waals surface area contributed by atoms with E-state index in [1.54, 1.807) is 17.0 Å². The molecule has 1 amide bonds. The number of carbonyl (C=O) groups excluding carboxylic acids is 1. The lowest BCUT2D eigenvalue weighted by atomic mass is 9.89. The summed E-state index contributed by atoms with van der Waals surface area (Å²) in [6.07, 6.45) is 1.93. The molecule has 4 nitrogen and oxygen atoms in total. The molecule has 0 spiro atoms. The minimum atomic E-state index is -0.874. The summed E-state index contributed by atoms with van der Waals surface area (Å²) in [5, 5.41) is 12.1. The van der Waals surface area contributed by atoms with E-state index in [2.05, 4.69) is 0 Å². The quantitative estimate of drug-likeness (QED) is 0.811. The minimum Gasteiger partial charge on any atom is -0.481 e. The Balaban J connectivity index is 1.86. The third kappa shape index (κ3) is 3.31. The number of carbonyl (C=O) groups is 2. The second-order valence-corrected chi connectivity index (χ2v) is 7.83. The summed E-state index contributed by atoms with van der Waals surface area (Å²) < 4.78 is 0. The number of thioether (sulfide) groups is 1. The maximum Gasteiger partial charge on any atom is 0.308 e. The van der Waals surface area contributed by atoms with Crippen LogP contribution in [-0.4, -0.2) is 41.2 Å². The molecule has 1 saturated heterocycles. The predicted molar refractivity (Wildman–Crippen MR) is 97.3 cm³/mol. The lowest BCUT2D eigenvalue weighted by Crippen LogP contribution is -2.29. The third-order valence-electron chi connectivity index (χ3n) is 4.27. The Bertz CT molecular complexity index is 759. The van der Waals surface area contributed by atoms with Crippen LogP contribution in [0.25, 0.3) is 0 Å². The fourth-order valence-corrected chi connectivity index (χ4v) is 4.86. The van der Waals surface area contributed by atoms with E-state index in [9.17, 15) is 14.7 Å². The van der Waals surface area contributed by atoms with Gasteiger partial charge in [0, 0.05) is 28.9 Å². The van der Waals surface area contributed by atoms with E-state index in [-0.39, 0.29) is 18.4 Å². The molecule has 1 aliphatic heterocycles. The van der Waals surface area contributed by atoms with Crippen molar-refractivity contribution >= 4 is 46.6 Å². The zero-order valence-electron chi connectivity index (χ0n) is 12.9. The Morgan fingerprint density at radius 3 is 2.58 bits per heavy atom. The van der Waals surface area contributed by atoms with Gasteiger partial charge in [0.15, 0.2) is 0 Å². The zero-order chi connectivity index (χ0) is 17.3. The monoisotopic (exact) mass is 381 g/mol. The molecule has 0 aliphatic carbocycles. The molecule has 1 fully saturated rings. The Hall–Kier alpha value is -1.50. The summed E-state index contributed by atoms with van der Waals surface area (Å²) in [4.78, 5) is 27.7. The molecule has 24 heavy (non-hydrogen) atoms. The number of thiophene rings is 1. The van der Waals surface area contributed by atoms with E-state index in [1.807, 2.05) is 29.8 Å². The van der Waals surface area contributed by atoms with E-state index in [0.29, 0.717) is 16.4 Å². The van der Waals surface area contributed by atoms with E-state index in [1.165, 1.54) is 23.1 Å². The summed E-state index contributed by atoms with van der Waals surface area (Å²) in [5.41, 5.74) is 0.901. The molecule has 3 rings (SSSR count). The number of carboxylic acids is 1. The Morgan fingerprint density at radius 2 is 1.96 bits per heavy atom. The average molecular weight is 382 g/mol. The van der Waals surface area contributed by atoms with Crippen LogP contribution < -0.4 is 0 Å². The number of hydrogen-bond acceptors (Lipinski definition) is 4. The molecule has 7 heteroatoms. The molecule has 0 unspecified atom stereocenters. The maximum atomic E-state index is 12.8. The SMILES string of the molecule is CSc1ccsc1C(=O)N1C[C@@H](C(=O)O)[C@H](c2ccc(Cl)cc2)C1. The van der Waals surface area contributed by atoms with Crippen LogP contribution in [-0.2, 0) is 4.79 Å². The summed E-state index contributed by atoms with van der Waals surface area (Å²) >= 11 is 8.84. The summed E-state index contributed by atoms with van der Waals surface area (Å²) in [6, 6.07) is 9.12. The van der Waals surface area contributed by atoms with Gasteiger partial charge in [-0.25, -0.2) is 0 Å². The van der Waals surface area contributed by atoms with Gasteiger partial charge in [-0.3, -0.25) is 9.59 Å². The lowest BCUT2D eigenvalue weighted by molar-refractivity contribution is -0.141. The molecule has 1 N–H and O–H groups in total. The Morgan fingerprint density at radius 1 is 1.25 bits per heavy atom. The fraction of sp³-hybridized carbons (Fsp3) is 0.294. The van der Waals surface area contributed by atoms with Crippen LogP contribution in [0.4, 0.5) is 0 Å². The van der Waals surface area contributed by atoms with Crippen molar-refractivity contribution in [3.05, 3.63) is 51.2 Å². The molecule has 2 aromatic rings. The number of likely N-dealkylation sites (tertiary alicyclic amines) is 1. The first kappa shape index (κ1) is 17.3. The number of aliphatic carboxylic acids is 1. The van der Waals surface area contributed by atoms with Gasteiger partial charge in [-0.15, -0.1) is 23.1 Å². The van der Waals surface area contributed by atoms with Crippen molar-refractivity contribution in [3.63, 3.8) is 0 Å². The molecule has 0 radical (unpaired) electrons. The average Bonchev–Trinajstić information content (AvgIpc) is 3.21. The summed E-state index contributed by atoms with van der Waals surface area (Å²) in [6.45, 7) is 0.635. The van der Waals surface area contributed by atoms with Crippen molar-refractivity contribution in [2.24, 2.45) is 5.92 Å². The van der Waals surface area contributed by atoms with Gasteiger partial charge in [0.2, 0.25) is 0 Å². The second-order valence-electron chi connectivity index (χ2n) is 5.63. The standard InChI is InChI=1S/C17H16ClNO3S2/c1-23-14-6-7-24-15(14)16(20)19-8-12(13(9-19)17(21)22)10-2-4-11(18)5-3-10/h2-7,12-13H,8-9H2,1H3,(H,21,22)/t12-,13+/m0/s1. The van der Waals surface area contributed by atoms with E-state index < -0.39 is 11.9 Å². The normalized spacial score (nSPS) is 20.3. The lowest BCUT2D eigenvalue weighted by Gasteiger charge is -2.16. The smallest absolute Gasteiger partial charge is 0.308 e. The molecular formula is C17H16ClNO3S2. The highest BCUT2D eigenvalue weighted by Gasteiger charge is 2.41. The van der Waals surface area contributed by atoms with Crippen LogP contribution in [0.5, 0.6) is 0 Å². The predicted octanol–water partition coefficient (Wildman–Crippen LogP) is 4.06. The largest absolute Gasteiger partial charge is 0.481 e. The third-order valence-corrected chi connectivity index (χ3v) is 6.33. The highest BCUT2D eigenvalue weighted by Crippen LogP contribution is 2.36. The van der Waals surface area contributed by atoms with Crippen molar-refractivity contribution in [3.8, 4) is 0 Å². The highest BCUT2D eigenvalue weighted by molar-refractivity contribution is 7.98. The molecule has 1 aromatic heterocycles. The van der Waals surface area contributed by atoms with Gasteiger partial charge < -0.3 is 10.0 Å². The van der Waals surface area contributed by atoms with Gasteiger partial charge in [-0.2, -0.15) is 0 Å². The van der Waals surface area contributed by atoms with Gasteiger partial charge in [0.05, 0.1) is 5.92 Å². The van der Waals surface area contributed by atoms with Gasteiger partial charge in [0.1, 0.15) is 4.88 Å². The molecule has 1 aliphatic rings. The number of benzene rings is 1. The van der Waals surface area contributed by atoms with Gasteiger partial charge in [0.25, 0.3) is 5.91 Å². The molecule has 0 saturated carbocycles. The molecule has 2 heterocycles. The van der Waals surface area contributed by atoms with Crippen LogP contribution in [0.15, 0.2) is 40.6 Å². The molecule has 1 aromatic carbocycles. The number of amides is 1. The van der Waals surface area contributed by atoms with Gasteiger partial charge >= 0.3 is 5.97 Å². The van der Waals surface area contributed by atoms with E-state index >= 15 is 0 Å². The first-order valence-electron chi connectivity index (χ1n) is 7.40. The van der Waals surface area contributed by atoms with Crippen LogP contribution in [0, 0.1) is 5.92 Å². The Kier molecular flexibility index (Phi) is 5.18. The molecule has 2 atom stereocenters. The van der Waals surface area contributed by atoms with Crippen LogP contribution in [0.1, 0.15) is 21.2 Å². The van der Waals surface area contributed by atoms with Crippen molar-refractivity contribution in [2.75, 3.05) is 19.3 Å². The fourth-order valence-electron chi connectivity index (χ4n) is 3.03. The van der Waals surface area contributed by atoms with Gasteiger partial charge in [-0.05, 0) is 35.4 Å². The van der Waals surface area contributed by atoms with Crippen LogP contribution in [0.3, 0.4) is 0 Å². The number of halogens is 1. The number of rotatable bonds is 4. The topological polar surface area (TPSA) is 57.6 Å². The van der Waals surface area contributed by atoms with Crippen LogP contribution in [0.2, 0.25) is 5.02 Å². The number of carboxylic acid groups (broad SMARTS) is 1. The summed E-state index contributed by atoms with van der Waals surface area (Å²) in [5.74, 6) is -1.78. The van der Waals surface area contributed by atoms with Crippen LogP contribution >= 0.6 is 34.7 Å². The number of hydrogen-bond donors (Lipinski definition) is 1. The van der Waals surface area contributed by atoms with Crippen molar-refractivity contribution in [1.82, 2.24) is 4.90 Å². The minimum absolute atomic E-state index is 0.0861.